The topological polar surface area (TPSA) is 58.8 Å². The molecule has 2 atom stereocenters. The lowest BCUT2D eigenvalue weighted by Gasteiger charge is -2.41. The number of hydrogen-bond acceptors (Lipinski definition) is 4. The maximum absolute atomic E-state index is 12.9. The first kappa shape index (κ1) is 19.7. The summed E-state index contributed by atoms with van der Waals surface area (Å²) in [6.45, 7) is 13.9. The summed E-state index contributed by atoms with van der Waals surface area (Å²) in [5.74, 6) is 0.976. The molecule has 0 radical (unpaired) electrons. The van der Waals surface area contributed by atoms with Gasteiger partial charge in [-0.25, -0.2) is 0 Å². The van der Waals surface area contributed by atoms with Crippen LogP contribution in [0.4, 0.5) is 0 Å². The smallest absolute Gasteiger partial charge is 0.230 e. The van der Waals surface area contributed by atoms with Gasteiger partial charge in [-0.05, 0) is 45.4 Å². The van der Waals surface area contributed by atoms with Gasteiger partial charge in [-0.3, -0.25) is 9.69 Å². The zero-order chi connectivity index (χ0) is 17.7. The highest BCUT2D eigenvalue weighted by molar-refractivity contribution is 5.83. The van der Waals surface area contributed by atoms with Gasteiger partial charge >= 0.3 is 0 Å². The summed E-state index contributed by atoms with van der Waals surface area (Å²) in [6, 6.07) is 0. The van der Waals surface area contributed by atoms with E-state index in [1.807, 2.05) is 0 Å². The minimum atomic E-state index is -0.345. The number of morpholine rings is 1. The molecule has 24 heavy (non-hydrogen) atoms. The van der Waals surface area contributed by atoms with E-state index in [0.717, 1.165) is 58.4 Å². The number of carbonyl (C=O) groups is 1. The number of likely N-dealkylation sites (tertiary alicyclic amines) is 1. The molecule has 0 aromatic heterocycles. The normalized spacial score (nSPS) is 27.5. The van der Waals surface area contributed by atoms with E-state index in [1.165, 1.54) is 0 Å². The molecule has 0 bridgehead atoms. The molecule has 2 aliphatic rings. The monoisotopic (exact) mass is 339 g/mol. The second-order valence-electron chi connectivity index (χ2n) is 7.90. The molecule has 0 spiro atoms. The van der Waals surface area contributed by atoms with Crippen molar-refractivity contribution in [1.82, 2.24) is 9.80 Å². The molecule has 5 nitrogen and oxygen atoms in total. The molecule has 0 saturated carbocycles. The van der Waals surface area contributed by atoms with Crippen LogP contribution in [0.5, 0.6) is 0 Å². The molecule has 1 amide bonds. The van der Waals surface area contributed by atoms with Crippen molar-refractivity contribution in [2.75, 3.05) is 39.3 Å². The highest BCUT2D eigenvalue weighted by Crippen LogP contribution is 2.30. The fourth-order valence-corrected chi connectivity index (χ4v) is 4.38. The van der Waals surface area contributed by atoms with Crippen LogP contribution in [-0.2, 0) is 9.53 Å². The standard InChI is InChI=1S/C19H37N3O2/c1-5-19(6-2,14-20)18(23)22-9-7-17(8-10-22)13-21-11-15(3)24-16(4)12-21/h15-17H,5-14,20H2,1-4H3. The minimum absolute atomic E-state index is 0.280. The summed E-state index contributed by atoms with van der Waals surface area (Å²) in [4.78, 5) is 17.5. The number of rotatable bonds is 6. The first-order chi connectivity index (χ1) is 11.4. The van der Waals surface area contributed by atoms with Crippen molar-refractivity contribution in [3.63, 3.8) is 0 Å². The summed E-state index contributed by atoms with van der Waals surface area (Å²) >= 11 is 0. The van der Waals surface area contributed by atoms with Crippen LogP contribution in [0.1, 0.15) is 53.4 Å². The van der Waals surface area contributed by atoms with Crippen LogP contribution < -0.4 is 5.73 Å². The van der Waals surface area contributed by atoms with E-state index < -0.39 is 0 Å². The first-order valence-corrected chi connectivity index (χ1v) is 9.81. The number of piperidine rings is 1. The van der Waals surface area contributed by atoms with Crippen molar-refractivity contribution in [2.24, 2.45) is 17.1 Å². The van der Waals surface area contributed by atoms with Crippen LogP contribution in [0.25, 0.3) is 0 Å². The van der Waals surface area contributed by atoms with Crippen molar-refractivity contribution >= 4 is 5.91 Å². The number of hydrogen-bond donors (Lipinski definition) is 1. The molecular weight excluding hydrogens is 302 g/mol. The Bertz CT molecular complexity index is 385. The second-order valence-corrected chi connectivity index (χ2v) is 7.90. The van der Waals surface area contributed by atoms with Crippen LogP contribution in [0.15, 0.2) is 0 Å². The highest BCUT2D eigenvalue weighted by atomic mass is 16.5. The number of nitrogens with zero attached hydrogens (tertiary/aromatic N) is 2. The Balaban J connectivity index is 1.84. The van der Waals surface area contributed by atoms with Crippen molar-refractivity contribution in [3.05, 3.63) is 0 Å². The molecule has 5 heteroatoms. The maximum Gasteiger partial charge on any atom is 0.230 e. The lowest BCUT2D eigenvalue weighted by atomic mass is 9.80. The van der Waals surface area contributed by atoms with E-state index in [-0.39, 0.29) is 11.3 Å². The lowest BCUT2D eigenvalue weighted by Crippen LogP contribution is -2.52. The van der Waals surface area contributed by atoms with Gasteiger partial charge in [-0.2, -0.15) is 0 Å². The van der Waals surface area contributed by atoms with Gasteiger partial charge in [-0.15, -0.1) is 0 Å². The van der Waals surface area contributed by atoms with Crippen molar-refractivity contribution < 1.29 is 9.53 Å². The zero-order valence-corrected chi connectivity index (χ0v) is 16.1. The Labute approximate surface area is 147 Å². The van der Waals surface area contributed by atoms with Crippen molar-refractivity contribution in [3.8, 4) is 0 Å². The average Bonchev–Trinajstić information content (AvgIpc) is 2.56. The Hall–Kier alpha value is -0.650. The third-order valence-electron chi connectivity index (χ3n) is 6.11. The van der Waals surface area contributed by atoms with Gasteiger partial charge < -0.3 is 15.4 Å². The van der Waals surface area contributed by atoms with Crippen molar-refractivity contribution in [2.45, 2.75) is 65.6 Å². The number of nitrogens with two attached hydrogens (primary N) is 1. The molecule has 2 N–H and O–H groups in total. The van der Waals surface area contributed by atoms with Crippen molar-refractivity contribution in [1.29, 1.82) is 0 Å². The summed E-state index contributed by atoms with van der Waals surface area (Å²) in [5, 5.41) is 0. The Kier molecular flexibility index (Phi) is 7.08. The van der Waals surface area contributed by atoms with E-state index in [2.05, 4.69) is 37.5 Å². The van der Waals surface area contributed by atoms with Gasteiger partial charge in [0.15, 0.2) is 0 Å². The molecule has 0 aromatic carbocycles. The molecule has 0 aromatic rings. The molecule has 2 heterocycles. The lowest BCUT2D eigenvalue weighted by molar-refractivity contribution is -0.143. The third kappa shape index (κ3) is 4.50. The van der Waals surface area contributed by atoms with Crippen LogP contribution >= 0.6 is 0 Å². The Morgan fingerprint density at radius 2 is 1.67 bits per heavy atom. The van der Waals surface area contributed by atoms with Crippen LogP contribution in [0.2, 0.25) is 0 Å². The SMILES string of the molecule is CCC(CC)(CN)C(=O)N1CCC(CN2CC(C)OC(C)C2)CC1. The summed E-state index contributed by atoms with van der Waals surface area (Å²) in [6.07, 6.45) is 4.55. The Morgan fingerprint density at radius 3 is 2.12 bits per heavy atom. The van der Waals surface area contributed by atoms with E-state index in [4.69, 9.17) is 10.5 Å². The van der Waals surface area contributed by atoms with E-state index in [0.29, 0.717) is 24.7 Å². The summed E-state index contributed by atoms with van der Waals surface area (Å²) in [5.41, 5.74) is 5.60. The summed E-state index contributed by atoms with van der Waals surface area (Å²) in [7, 11) is 0. The van der Waals surface area contributed by atoms with Gasteiger partial charge in [0.1, 0.15) is 0 Å². The Morgan fingerprint density at radius 1 is 1.12 bits per heavy atom. The molecule has 2 saturated heterocycles. The number of carbonyl (C=O) groups excluding carboxylic acids is 1. The summed E-state index contributed by atoms with van der Waals surface area (Å²) < 4.78 is 5.82. The zero-order valence-electron chi connectivity index (χ0n) is 16.1. The number of ether oxygens (including phenoxy) is 1. The fourth-order valence-electron chi connectivity index (χ4n) is 4.38. The highest BCUT2D eigenvalue weighted by Gasteiger charge is 2.38. The largest absolute Gasteiger partial charge is 0.373 e. The van der Waals surface area contributed by atoms with Gasteiger partial charge in [0.2, 0.25) is 5.91 Å². The average molecular weight is 340 g/mol. The van der Waals surface area contributed by atoms with E-state index >= 15 is 0 Å². The van der Waals surface area contributed by atoms with Crippen LogP contribution in [0.3, 0.4) is 0 Å². The van der Waals surface area contributed by atoms with Gasteiger partial charge in [0.25, 0.3) is 0 Å². The third-order valence-corrected chi connectivity index (χ3v) is 6.11. The van der Waals surface area contributed by atoms with E-state index in [9.17, 15) is 4.79 Å². The van der Waals surface area contributed by atoms with Gasteiger partial charge in [0, 0.05) is 39.3 Å². The minimum Gasteiger partial charge on any atom is -0.373 e. The molecular formula is C19H37N3O2. The predicted molar refractivity (Wildman–Crippen MR) is 97.8 cm³/mol. The molecule has 0 aliphatic carbocycles. The van der Waals surface area contributed by atoms with E-state index in [1.54, 1.807) is 0 Å². The molecule has 2 aliphatic heterocycles. The second kappa shape index (κ2) is 8.63. The van der Waals surface area contributed by atoms with Crippen LogP contribution in [-0.4, -0.2) is 67.2 Å². The maximum atomic E-state index is 12.9. The number of amides is 1. The quantitative estimate of drug-likeness (QED) is 0.805. The van der Waals surface area contributed by atoms with Crippen LogP contribution in [0, 0.1) is 11.3 Å². The predicted octanol–water partition coefficient (Wildman–Crippen LogP) is 2.10. The fraction of sp³-hybridized carbons (Fsp3) is 0.947. The van der Waals surface area contributed by atoms with Gasteiger partial charge in [0.05, 0.1) is 17.6 Å². The molecule has 2 rings (SSSR count). The molecule has 140 valence electrons. The molecule has 2 unspecified atom stereocenters. The molecule has 2 fully saturated rings. The van der Waals surface area contributed by atoms with Gasteiger partial charge in [-0.1, -0.05) is 13.8 Å². The first-order valence-electron chi connectivity index (χ1n) is 9.81.